The summed E-state index contributed by atoms with van der Waals surface area (Å²) in [5.41, 5.74) is 0.517. The summed E-state index contributed by atoms with van der Waals surface area (Å²) < 4.78 is 5.30. The largest absolute Gasteiger partial charge is 0.367 e. The Kier molecular flexibility index (Phi) is 3.97. The van der Waals surface area contributed by atoms with Crippen molar-refractivity contribution in [3.05, 3.63) is 30.1 Å². The molecule has 0 unspecified atom stereocenters. The molecule has 0 radical (unpaired) electrons. The van der Waals surface area contributed by atoms with E-state index in [1.807, 2.05) is 39.0 Å². The van der Waals surface area contributed by atoms with Crippen molar-refractivity contribution in [1.82, 2.24) is 4.98 Å². The van der Waals surface area contributed by atoms with Crippen molar-refractivity contribution in [2.45, 2.75) is 27.4 Å². The van der Waals surface area contributed by atoms with E-state index in [-0.39, 0.29) is 17.8 Å². The fourth-order valence-corrected chi connectivity index (χ4v) is 0.948. The Morgan fingerprint density at radius 3 is 2.67 bits per heavy atom. The Balaban J connectivity index is 2.32. The first kappa shape index (κ1) is 11.9. The number of carbonyl (C=O) groups is 1. The number of Topliss-reactive ketones (excluding diaryl/α,β-unsaturated/α-hetero) is 1. The second kappa shape index (κ2) is 5.03. The van der Waals surface area contributed by atoms with Gasteiger partial charge in [0, 0.05) is 11.6 Å². The maximum absolute atomic E-state index is 11.5. The van der Waals surface area contributed by atoms with Gasteiger partial charge in [-0.05, 0) is 12.1 Å². The Hall–Kier alpha value is -1.22. The zero-order valence-corrected chi connectivity index (χ0v) is 9.49. The molecule has 0 saturated carbocycles. The summed E-state index contributed by atoms with van der Waals surface area (Å²) in [5.74, 6) is 0.110. The summed E-state index contributed by atoms with van der Waals surface area (Å²) in [6, 6.07) is 5.63. The van der Waals surface area contributed by atoms with Crippen molar-refractivity contribution in [3.8, 4) is 0 Å². The summed E-state index contributed by atoms with van der Waals surface area (Å²) in [5, 5.41) is 0. The molecule has 1 aromatic heterocycles. The monoisotopic (exact) mass is 207 g/mol. The van der Waals surface area contributed by atoms with Crippen LogP contribution in [0.25, 0.3) is 0 Å². The first-order valence-corrected chi connectivity index (χ1v) is 5.01. The first-order chi connectivity index (χ1) is 7.00. The maximum atomic E-state index is 11.5. The molecule has 0 fully saturated rings. The summed E-state index contributed by atoms with van der Waals surface area (Å²) in [4.78, 5) is 15.6. The molecule has 0 aliphatic carbocycles. The molecule has 0 bridgehead atoms. The van der Waals surface area contributed by atoms with Gasteiger partial charge in [-0.15, -0.1) is 0 Å². The molecule has 0 aromatic carbocycles. The van der Waals surface area contributed by atoms with Crippen molar-refractivity contribution >= 4 is 5.78 Å². The van der Waals surface area contributed by atoms with Crippen LogP contribution in [0.1, 0.15) is 26.5 Å². The van der Waals surface area contributed by atoms with Gasteiger partial charge in [-0.2, -0.15) is 0 Å². The van der Waals surface area contributed by atoms with Gasteiger partial charge in [-0.1, -0.05) is 26.8 Å². The van der Waals surface area contributed by atoms with Gasteiger partial charge in [0.1, 0.15) is 6.61 Å². The predicted octanol–water partition coefficient (Wildman–Crippen LogP) is 2.21. The Bertz CT molecular complexity index is 314. The van der Waals surface area contributed by atoms with Gasteiger partial charge in [0.25, 0.3) is 0 Å². The number of aromatic nitrogens is 1. The number of hydrogen-bond acceptors (Lipinski definition) is 3. The molecule has 0 spiro atoms. The smallest absolute Gasteiger partial charge is 0.163 e. The SMILES string of the molecule is CC(C)(C)C(=O)COCc1ccccn1. The number of ketones is 1. The predicted molar refractivity (Wildman–Crippen MR) is 58.4 cm³/mol. The van der Waals surface area contributed by atoms with Crippen LogP contribution in [0, 0.1) is 5.41 Å². The third-order valence-electron chi connectivity index (χ3n) is 2.05. The minimum Gasteiger partial charge on any atom is -0.367 e. The van der Waals surface area contributed by atoms with Crippen LogP contribution in [0.5, 0.6) is 0 Å². The van der Waals surface area contributed by atoms with Crippen molar-refractivity contribution in [3.63, 3.8) is 0 Å². The third kappa shape index (κ3) is 4.21. The Morgan fingerprint density at radius 1 is 1.40 bits per heavy atom. The number of hydrogen-bond donors (Lipinski definition) is 0. The van der Waals surface area contributed by atoms with E-state index in [9.17, 15) is 4.79 Å². The molecule has 0 N–H and O–H groups in total. The van der Waals surface area contributed by atoms with Crippen LogP contribution in [0.2, 0.25) is 0 Å². The second-order valence-electron chi connectivity index (χ2n) is 4.49. The lowest BCUT2D eigenvalue weighted by Gasteiger charge is -2.16. The summed E-state index contributed by atoms with van der Waals surface area (Å²) in [6.45, 7) is 6.21. The topological polar surface area (TPSA) is 39.2 Å². The highest BCUT2D eigenvalue weighted by molar-refractivity contribution is 5.84. The van der Waals surface area contributed by atoms with Gasteiger partial charge < -0.3 is 4.74 Å². The van der Waals surface area contributed by atoms with E-state index in [1.165, 1.54) is 0 Å². The molecule has 1 rings (SSSR count). The fraction of sp³-hybridized carbons (Fsp3) is 0.500. The zero-order valence-electron chi connectivity index (χ0n) is 9.49. The Morgan fingerprint density at radius 2 is 2.13 bits per heavy atom. The molecule has 0 amide bonds. The van der Waals surface area contributed by atoms with Gasteiger partial charge in [-0.25, -0.2) is 0 Å². The minimum atomic E-state index is -0.329. The third-order valence-corrected chi connectivity index (χ3v) is 2.05. The number of nitrogens with zero attached hydrogens (tertiary/aromatic N) is 1. The Labute approximate surface area is 90.5 Å². The molecular weight excluding hydrogens is 190 g/mol. The molecule has 0 saturated heterocycles. The van der Waals surface area contributed by atoms with E-state index in [0.717, 1.165) is 5.69 Å². The van der Waals surface area contributed by atoms with Gasteiger partial charge in [0.15, 0.2) is 5.78 Å². The molecule has 1 aromatic rings. The average molecular weight is 207 g/mol. The average Bonchev–Trinajstić information content (AvgIpc) is 2.18. The number of ether oxygens (including phenoxy) is 1. The number of pyridine rings is 1. The quantitative estimate of drug-likeness (QED) is 0.760. The highest BCUT2D eigenvalue weighted by Gasteiger charge is 2.20. The molecule has 0 aliphatic heterocycles. The molecular formula is C12H17NO2. The van der Waals surface area contributed by atoms with E-state index in [0.29, 0.717) is 6.61 Å². The van der Waals surface area contributed by atoms with E-state index >= 15 is 0 Å². The van der Waals surface area contributed by atoms with Crippen LogP contribution in [-0.4, -0.2) is 17.4 Å². The van der Waals surface area contributed by atoms with Crippen LogP contribution < -0.4 is 0 Å². The van der Waals surface area contributed by atoms with Gasteiger partial charge in [0.2, 0.25) is 0 Å². The second-order valence-corrected chi connectivity index (χ2v) is 4.49. The minimum absolute atomic E-state index is 0.110. The molecule has 3 heteroatoms. The first-order valence-electron chi connectivity index (χ1n) is 5.01. The summed E-state index contributed by atoms with van der Waals surface area (Å²) in [6.07, 6.45) is 1.71. The molecule has 0 aliphatic rings. The van der Waals surface area contributed by atoms with Crippen molar-refractivity contribution < 1.29 is 9.53 Å². The summed E-state index contributed by atoms with van der Waals surface area (Å²) >= 11 is 0. The molecule has 0 atom stereocenters. The lowest BCUT2D eigenvalue weighted by Crippen LogP contribution is -2.24. The van der Waals surface area contributed by atoms with Crippen LogP contribution in [-0.2, 0) is 16.1 Å². The molecule has 15 heavy (non-hydrogen) atoms. The van der Waals surface area contributed by atoms with Gasteiger partial charge in [-0.3, -0.25) is 9.78 Å². The van der Waals surface area contributed by atoms with Gasteiger partial charge >= 0.3 is 0 Å². The summed E-state index contributed by atoms with van der Waals surface area (Å²) in [7, 11) is 0. The van der Waals surface area contributed by atoms with E-state index in [2.05, 4.69) is 4.98 Å². The maximum Gasteiger partial charge on any atom is 0.163 e. The van der Waals surface area contributed by atoms with Crippen LogP contribution in [0.3, 0.4) is 0 Å². The lowest BCUT2D eigenvalue weighted by atomic mass is 9.91. The zero-order chi connectivity index (χ0) is 11.3. The van der Waals surface area contributed by atoms with E-state index in [1.54, 1.807) is 6.20 Å². The van der Waals surface area contributed by atoms with Crippen molar-refractivity contribution in [2.24, 2.45) is 5.41 Å². The molecule has 1 heterocycles. The fourth-order valence-electron chi connectivity index (χ4n) is 0.948. The lowest BCUT2D eigenvalue weighted by molar-refractivity contribution is -0.131. The van der Waals surface area contributed by atoms with Crippen molar-refractivity contribution in [2.75, 3.05) is 6.61 Å². The standard InChI is InChI=1S/C12H17NO2/c1-12(2,3)11(14)9-15-8-10-6-4-5-7-13-10/h4-7H,8-9H2,1-3H3. The van der Waals surface area contributed by atoms with Gasteiger partial charge in [0.05, 0.1) is 12.3 Å². The van der Waals surface area contributed by atoms with Crippen molar-refractivity contribution in [1.29, 1.82) is 0 Å². The highest BCUT2D eigenvalue weighted by Crippen LogP contribution is 2.14. The molecule has 3 nitrogen and oxygen atoms in total. The molecule has 82 valence electrons. The highest BCUT2D eigenvalue weighted by atomic mass is 16.5. The van der Waals surface area contributed by atoms with Crippen LogP contribution in [0.15, 0.2) is 24.4 Å². The number of carbonyl (C=O) groups excluding carboxylic acids is 1. The van der Waals surface area contributed by atoms with E-state index < -0.39 is 0 Å². The van der Waals surface area contributed by atoms with E-state index in [4.69, 9.17) is 4.74 Å². The normalized spacial score (nSPS) is 11.4. The van der Waals surface area contributed by atoms with Crippen LogP contribution in [0.4, 0.5) is 0 Å². The van der Waals surface area contributed by atoms with Crippen LogP contribution >= 0.6 is 0 Å². The number of rotatable bonds is 4.